The van der Waals surface area contributed by atoms with E-state index in [4.69, 9.17) is 0 Å². The molecule has 4 rings (SSSR count). The number of nitrogens with zero attached hydrogens (tertiary/aromatic N) is 1. The minimum atomic E-state index is -0.122. The van der Waals surface area contributed by atoms with Gasteiger partial charge in [0.25, 0.3) is 5.56 Å². The molecule has 0 saturated carbocycles. The Labute approximate surface area is 148 Å². The van der Waals surface area contributed by atoms with Gasteiger partial charge in [0.15, 0.2) is 0 Å². The topological polar surface area (TPSA) is 66.9 Å². The summed E-state index contributed by atoms with van der Waals surface area (Å²) in [5.41, 5.74) is 1.64. The van der Waals surface area contributed by atoms with Gasteiger partial charge >= 0.3 is 0 Å². The van der Waals surface area contributed by atoms with E-state index in [1.807, 2.05) is 46.8 Å². The van der Waals surface area contributed by atoms with E-state index in [-0.39, 0.29) is 22.8 Å². The van der Waals surface area contributed by atoms with Crippen molar-refractivity contribution in [2.24, 2.45) is 0 Å². The van der Waals surface area contributed by atoms with E-state index in [0.717, 1.165) is 29.9 Å². The number of H-pyrrole nitrogens is 1. The number of carbonyl (C=O) groups excluding carboxylic acids is 1. The van der Waals surface area contributed by atoms with E-state index in [1.54, 1.807) is 0 Å². The van der Waals surface area contributed by atoms with Crippen molar-refractivity contribution in [1.82, 2.24) is 9.78 Å². The molecule has 2 N–H and O–H groups in total. The van der Waals surface area contributed by atoms with Crippen molar-refractivity contribution in [1.29, 1.82) is 0 Å². The van der Waals surface area contributed by atoms with Crippen molar-refractivity contribution in [3.8, 4) is 0 Å². The molecule has 2 aliphatic heterocycles. The summed E-state index contributed by atoms with van der Waals surface area (Å²) in [6, 6.07) is 10.2. The van der Waals surface area contributed by atoms with Crippen LogP contribution < -0.4 is 10.9 Å². The quantitative estimate of drug-likeness (QED) is 0.863. The Hall–Kier alpha value is -1.60. The number of carbonyl (C=O) groups is 1. The minimum Gasteiger partial charge on any atom is -0.310 e. The number of hydrogen-bond acceptors (Lipinski definition) is 4. The third-order valence-electron chi connectivity index (χ3n) is 4.52. The number of hydrogen-bond donors (Lipinski definition) is 2. The van der Waals surface area contributed by atoms with Crippen molar-refractivity contribution in [3.05, 3.63) is 51.8 Å². The first-order valence-electron chi connectivity index (χ1n) is 8.12. The maximum absolute atomic E-state index is 12.7. The molecule has 1 atom stereocenters. The van der Waals surface area contributed by atoms with Gasteiger partial charge in [0, 0.05) is 0 Å². The van der Waals surface area contributed by atoms with Crippen LogP contribution in [0.2, 0.25) is 0 Å². The molecular weight excluding hydrogens is 342 g/mol. The smallest absolute Gasteiger partial charge is 0.270 e. The molecule has 5 nitrogen and oxygen atoms in total. The Morgan fingerprint density at radius 1 is 1.08 bits per heavy atom. The number of nitrogens with one attached hydrogen (secondary N) is 2. The van der Waals surface area contributed by atoms with Gasteiger partial charge in [0.05, 0.1) is 22.6 Å². The summed E-state index contributed by atoms with van der Waals surface area (Å²) in [5, 5.41) is 5.85. The molecule has 0 aliphatic carbocycles. The summed E-state index contributed by atoms with van der Waals surface area (Å²) in [5.74, 6) is 3.15. The molecule has 1 aromatic carbocycles. The summed E-state index contributed by atoms with van der Waals surface area (Å²) < 4.78 is 1.91. The summed E-state index contributed by atoms with van der Waals surface area (Å²) in [4.78, 5) is 24.9. The van der Waals surface area contributed by atoms with Gasteiger partial charge in [-0.05, 0) is 29.9 Å². The fraction of sp³-hybridized carbons (Fsp3) is 0.412. The van der Waals surface area contributed by atoms with Gasteiger partial charge in [-0.3, -0.25) is 19.4 Å². The van der Waals surface area contributed by atoms with Gasteiger partial charge in [0.2, 0.25) is 5.91 Å². The molecule has 24 heavy (non-hydrogen) atoms. The molecule has 3 heterocycles. The number of thioether (sulfide) groups is 2. The van der Waals surface area contributed by atoms with Crippen molar-refractivity contribution in [3.63, 3.8) is 0 Å². The first-order chi connectivity index (χ1) is 11.7. The molecule has 2 aromatic rings. The van der Waals surface area contributed by atoms with Crippen LogP contribution in [0.15, 0.2) is 35.1 Å². The Morgan fingerprint density at radius 3 is 2.58 bits per heavy atom. The molecule has 1 amide bonds. The highest BCUT2D eigenvalue weighted by Crippen LogP contribution is 2.41. The number of benzene rings is 1. The van der Waals surface area contributed by atoms with Crippen LogP contribution >= 0.6 is 23.5 Å². The molecule has 1 saturated heterocycles. The van der Waals surface area contributed by atoms with Crippen LogP contribution in [0, 0.1) is 0 Å². The number of aromatic nitrogens is 2. The number of amides is 1. The van der Waals surface area contributed by atoms with Gasteiger partial charge in [-0.2, -0.15) is 11.8 Å². The summed E-state index contributed by atoms with van der Waals surface area (Å²) in [6.45, 7) is 0. The van der Waals surface area contributed by atoms with E-state index in [2.05, 4.69) is 10.4 Å². The Morgan fingerprint density at radius 2 is 1.83 bits per heavy atom. The molecule has 126 valence electrons. The number of fused-ring (bicyclic) bond motifs is 1. The van der Waals surface area contributed by atoms with Gasteiger partial charge < -0.3 is 5.32 Å². The summed E-state index contributed by atoms with van der Waals surface area (Å²) in [7, 11) is 0. The van der Waals surface area contributed by atoms with E-state index >= 15 is 0 Å². The average molecular weight is 361 g/mol. The zero-order valence-corrected chi connectivity index (χ0v) is 14.8. The highest BCUT2D eigenvalue weighted by Gasteiger charge is 2.32. The number of rotatable bonds is 2. The van der Waals surface area contributed by atoms with E-state index in [1.165, 1.54) is 11.8 Å². The summed E-state index contributed by atoms with van der Waals surface area (Å²) in [6.07, 6.45) is 2.03. The molecule has 0 bridgehead atoms. The van der Waals surface area contributed by atoms with Crippen LogP contribution in [-0.2, 0) is 4.79 Å². The van der Waals surface area contributed by atoms with E-state index in [0.29, 0.717) is 17.1 Å². The highest BCUT2D eigenvalue weighted by molar-refractivity contribution is 8.00. The first-order valence-corrected chi connectivity index (χ1v) is 10.3. The van der Waals surface area contributed by atoms with E-state index in [9.17, 15) is 9.59 Å². The van der Waals surface area contributed by atoms with Crippen LogP contribution in [0.4, 0.5) is 5.82 Å². The molecular formula is C17H19N3O2S2. The number of anilines is 1. The standard InChI is InChI=1S/C17H19N3O2S2/c21-13-10-24-15(11-4-2-1-3-5-11)14-16(18-13)20(19-17(14)22)12-6-8-23-9-7-12/h1-5,12,15H,6-10H2,(H,18,21)(H,19,22)/t15-/m1/s1. The van der Waals surface area contributed by atoms with Gasteiger partial charge in [-0.1, -0.05) is 30.3 Å². The van der Waals surface area contributed by atoms with Crippen LogP contribution in [-0.4, -0.2) is 32.9 Å². The second-order valence-corrected chi connectivity index (χ2v) is 8.38. The number of aromatic amines is 1. The molecule has 1 fully saturated rings. The third-order valence-corrected chi connectivity index (χ3v) is 6.84. The normalized spacial score (nSPS) is 21.8. The molecule has 0 radical (unpaired) electrons. The van der Waals surface area contributed by atoms with Crippen LogP contribution in [0.5, 0.6) is 0 Å². The summed E-state index contributed by atoms with van der Waals surface area (Å²) >= 11 is 3.46. The van der Waals surface area contributed by atoms with Crippen molar-refractivity contribution < 1.29 is 4.79 Å². The zero-order valence-electron chi connectivity index (χ0n) is 13.2. The average Bonchev–Trinajstić information content (AvgIpc) is 2.83. The Balaban J connectivity index is 1.82. The minimum absolute atomic E-state index is 0.0439. The molecule has 0 unspecified atom stereocenters. The maximum atomic E-state index is 12.7. The van der Waals surface area contributed by atoms with E-state index < -0.39 is 0 Å². The monoisotopic (exact) mass is 361 g/mol. The lowest BCUT2D eigenvalue weighted by atomic mass is 10.1. The fourth-order valence-electron chi connectivity index (χ4n) is 3.35. The van der Waals surface area contributed by atoms with Gasteiger partial charge in [0.1, 0.15) is 5.82 Å². The van der Waals surface area contributed by atoms with Crippen LogP contribution in [0.1, 0.15) is 35.3 Å². The van der Waals surface area contributed by atoms with Crippen molar-refractivity contribution >= 4 is 35.2 Å². The highest BCUT2D eigenvalue weighted by atomic mass is 32.2. The van der Waals surface area contributed by atoms with Crippen LogP contribution in [0.25, 0.3) is 0 Å². The lowest BCUT2D eigenvalue weighted by molar-refractivity contribution is -0.113. The lowest BCUT2D eigenvalue weighted by Crippen LogP contribution is -2.22. The third kappa shape index (κ3) is 2.91. The molecule has 1 aromatic heterocycles. The van der Waals surface area contributed by atoms with Gasteiger partial charge in [-0.15, -0.1) is 11.8 Å². The predicted molar refractivity (Wildman–Crippen MR) is 100 cm³/mol. The zero-order chi connectivity index (χ0) is 16.5. The van der Waals surface area contributed by atoms with Crippen molar-refractivity contribution in [2.45, 2.75) is 24.1 Å². The maximum Gasteiger partial charge on any atom is 0.270 e. The van der Waals surface area contributed by atoms with Crippen LogP contribution in [0.3, 0.4) is 0 Å². The lowest BCUT2D eigenvalue weighted by Gasteiger charge is -2.24. The first kappa shape index (κ1) is 15.9. The second-order valence-electron chi connectivity index (χ2n) is 6.07. The molecule has 2 aliphatic rings. The largest absolute Gasteiger partial charge is 0.310 e. The molecule has 7 heteroatoms. The van der Waals surface area contributed by atoms with Gasteiger partial charge in [-0.25, -0.2) is 0 Å². The SMILES string of the molecule is O=C1CS[C@H](c2ccccc2)c2c(n(C3CCSCC3)[nH]c2=O)N1. The molecule has 0 spiro atoms. The Kier molecular flexibility index (Phi) is 4.45. The second kappa shape index (κ2) is 6.72. The Bertz CT molecular complexity index is 794. The fourth-order valence-corrected chi connectivity index (χ4v) is 5.56. The predicted octanol–water partition coefficient (Wildman–Crippen LogP) is 3.02. The van der Waals surface area contributed by atoms with Crippen molar-refractivity contribution in [2.75, 3.05) is 22.6 Å².